The van der Waals surface area contributed by atoms with Crippen molar-refractivity contribution in [1.82, 2.24) is 4.90 Å². The first kappa shape index (κ1) is 13.6. The van der Waals surface area contributed by atoms with E-state index in [9.17, 15) is 4.79 Å². The third-order valence-electron chi connectivity index (χ3n) is 3.87. The molecule has 1 aromatic carbocycles. The van der Waals surface area contributed by atoms with Crippen molar-refractivity contribution in [2.75, 3.05) is 6.54 Å². The van der Waals surface area contributed by atoms with Crippen LogP contribution in [0.5, 0.6) is 0 Å². The van der Waals surface area contributed by atoms with Crippen LogP contribution >= 0.6 is 0 Å². The van der Waals surface area contributed by atoms with E-state index in [0.717, 1.165) is 18.7 Å². The number of nitrogens with zero attached hydrogens (tertiary/aromatic N) is 2. The van der Waals surface area contributed by atoms with Crippen molar-refractivity contribution in [3.63, 3.8) is 0 Å². The van der Waals surface area contributed by atoms with Crippen LogP contribution in [0.15, 0.2) is 24.3 Å². The van der Waals surface area contributed by atoms with Crippen LogP contribution in [0.3, 0.4) is 0 Å². The van der Waals surface area contributed by atoms with Crippen LogP contribution in [-0.4, -0.2) is 28.6 Å². The number of carboxylic acids is 1. The lowest BCUT2D eigenvalue weighted by atomic mass is 9.91. The molecule has 1 saturated heterocycles. The van der Waals surface area contributed by atoms with Crippen molar-refractivity contribution < 1.29 is 9.90 Å². The molecular formula is C15H18N2O2. The first-order valence-electron chi connectivity index (χ1n) is 6.56. The molecule has 1 heterocycles. The Morgan fingerprint density at radius 2 is 2.26 bits per heavy atom. The molecule has 0 saturated carbocycles. The van der Waals surface area contributed by atoms with E-state index in [2.05, 4.69) is 17.9 Å². The van der Waals surface area contributed by atoms with Crippen molar-refractivity contribution >= 4 is 5.97 Å². The highest BCUT2D eigenvalue weighted by Crippen LogP contribution is 2.25. The predicted molar refractivity (Wildman–Crippen MR) is 71.4 cm³/mol. The number of carboxylic acid groups (broad SMARTS) is 1. The summed E-state index contributed by atoms with van der Waals surface area (Å²) in [5, 5.41) is 18.1. The van der Waals surface area contributed by atoms with E-state index in [1.54, 1.807) is 0 Å². The number of aliphatic carboxylic acids is 1. The second-order valence-corrected chi connectivity index (χ2v) is 5.15. The van der Waals surface area contributed by atoms with Crippen molar-refractivity contribution in [2.45, 2.75) is 32.4 Å². The van der Waals surface area contributed by atoms with Crippen molar-refractivity contribution in [2.24, 2.45) is 5.92 Å². The van der Waals surface area contributed by atoms with Crippen molar-refractivity contribution in [3.8, 4) is 6.07 Å². The van der Waals surface area contributed by atoms with Gasteiger partial charge >= 0.3 is 5.97 Å². The normalized spacial score (nSPS) is 23.8. The van der Waals surface area contributed by atoms with Gasteiger partial charge in [0.25, 0.3) is 0 Å². The smallest absolute Gasteiger partial charge is 0.306 e. The minimum atomic E-state index is -0.691. The first-order chi connectivity index (χ1) is 9.11. The number of hydrogen-bond acceptors (Lipinski definition) is 3. The summed E-state index contributed by atoms with van der Waals surface area (Å²) in [5.74, 6) is -0.915. The topological polar surface area (TPSA) is 64.3 Å². The standard InChI is InChI=1S/C15H18N2O2/c1-11-8-12(15(18)19)6-7-17(11)10-14-5-3-2-4-13(14)9-16/h2-5,11-12H,6-8,10H2,1H3,(H,18,19). The fraction of sp³-hybridized carbons (Fsp3) is 0.467. The maximum Gasteiger partial charge on any atom is 0.306 e. The fourth-order valence-electron chi connectivity index (χ4n) is 2.67. The third-order valence-corrected chi connectivity index (χ3v) is 3.87. The van der Waals surface area contributed by atoms with E-state index in [-0.39, 0.29) is 12.0 Å². The van der Waals surface area contributed by atoms with Gasteiger partial charge in [-0.15, -0.1) is 0 Å². The second kappa shape index (κ2) is 5.85. The van der Waals surface area contributed by atoms with Crippen LogP contribution in [0, 0.1) is 17.2 Å². The first-order valence-corrected chi connectivity index (χ1v) is 6.56. The summed E-state index contributed by atoms with van der Waals surface area (Å²) >= 11 is 0. The van der Waals surface area contributed by atoms with E-state index in [1.807, 2.05) is 24.3 Å². The number of benzene rings is 1. The summed E-state index contributed by atoms with van der Waals surface area (Å²) in [5.41, 5.74) is 1.72. The zero-order chi connectivity index (χ0) is 13.8. The maximum atomic E-state index is 11.0. The van der Waals surface area contributed by atoms with Gasteiger partial charge in [-0.2, -0.15) is 5.26 Å². The number of hydrogen-bond donors (Lipinski definition) is 1. The Labute approximate surface area is 113 Å². The van der Waals surface area contributed by atoms with Crippen LogP contribution in [0.25, 0.3) is 0 Å². The van der Waals surface area contributed by atoms with Gasteiger partial charge in [-0.25, -0.2) is 0 Å². The molecule has 0 aliphatic carbocycles. The molecule has 1 aliphatic heterocycles. The molecule has 2 rings (SSSR count). The number of likely N-dealkylation sites (tertiary alicyclic amines) is 1. The summed E-state index contributed by atoms with van der Waals surface area (Å²) < 4.78 is 0. The Hall–Kier alpha value is -1.86. The van der Waals surface area contributed by atoms with Crippen LogP contribution in [0.1, 0.15) is 30.9 Å². The summed E-state index contributed by atoms with van der Waals surface area (Å²) in [4.78, 5) is 13.3. The molecule has 0 spiro atoms. The third kappa shape index (κ3) is 3.12. The number of piperidine rings is 1. The number of rotatable bonds is 3. The van der Waals surface area contributed by atoms with Crippen LogP contribution < -0.4 is 0 Å². The fourth-order valence-corrected chi connectivity index (χ4v) is 2.67. The lowest BCUT2D eigenvalue weighted by Gasteiger charge is -2.36. The monoisotopic (exact) mass is 258 g/mol. The van der Waals surface area contributed by atoms with Crippen molar-refractivity contribution in [3.05, 3.63) is 35.4 Å². The maximum absolute atomic E-state index is 11.0. The molecule has 100 valence electrons. The largest absolute Gasteiger partial charge is 0.481 e. The van der Waals surface area contributed by atoms with Gasteiger partial charge in [-0.1, -0.05) is 18.2 Å². The SMILES string of the molecule is CC1CC(C(=O)O)CCN1Cc1ccccc1C#N. The zero-order valence-corrected chi connectivity index (χ0v) is 11.0. The summed E-state index contributed by atoms with van der Waals surface area (Å²) in [6, 6.07) is 10.0. The Kier molecular flexibility index (Phi) is 4.18. The van der Waals surface area contributed by atoms with Gasteiger partial charge in [0, 0.05) is 12.6 Å². The quantitative estimate of drug-likeness (QED) is 0.903. The van der Waals surface area contributed by atoms with Crippen LogP contribution in [0.4, 0.5) is 0 Å². The molecule has 2 atom stereocenters. The van der Waals surface area contributed by atoms with Crippen LogP contribution in [0.2, 0.25) is 0 Å². The molecule has 1 aliphatic rings. The molecule has 0 aromatic heterocycles. The average Bonchev–Trinajstić information content (AvgIpc) is 2.41. The highest BCUT2D eigenvalue weighted by atomic mass is 16.4. The van der Waals surface area contributed by atoms with Crippen LogP contribution in [-0.2, 0) is 11.3 Å². The van der Waals surface area contributed by atoms with Crippen molar-refractivity contribution in [1.29, 1.82) is 5.26 Å². The van der Waals surface area contributed by atoms with E-state index in [1.165, 1.54) is 0 Å². The number of nitriles is 1. The molecule has 4 heteroatoms. The highest BCUT2D eigenvalue weighted by molar-refractivity contribution is 5.70. The van der Waals surface area contributed by atoms with E-state index < -0.39 is 5.97 Å². The Morgan fingerprint density at radius 1 is 1.53 bits per heavy atom. The minimum Gasteiger partial charge on any atom is -0.481 e. The molecule has 1 fully saturated rings. The van der Waals surface area contributed by atoms with Gasteiger partial charge in [0.05, 0.1) is 17.6 Å². The lowest BCUT2D eigenvalue weighted by molar-refractivity contribution is -0.144. The molecule has 4 nitrogen and oxygen atoms in total. The van der Waals surface area contributed by atoms with Gasteiger partial charge in [-0.3, -0.25) is 9.69 Å². The Bertz CT molecular complexity index is 507. The summed E-state index contributed by atoms with van der Waals surface area (Å²) in [6.07, 6.45) is 1.37. The average molecular weight is 258 g/mol. The zero-order valence-electron chi connectivity index (χ0n) is 11.0. The van der Waals surface area contributed by atoms with Gasteiger partial charge in [-0.05, 0) is 37.9 Å². The minimum absolute atomic E-state index is 0.225. The predicted octanol–water partition coefficient (Wildman–Crippen LogP) is 2.24. The Morgan fingerprint density at radius 3 is 2.89 bits per heavy atom. The summed E-state index contributed by atoms with van der Waals surface area (Å²) in [6.45, 7) is 3.55. The summed E-state index contributed by atoms with van der Waals surface area (Å²) in [7, 11) is 0. The van der Waals surface area contributed by atoms with Gasteiger partial charge in [0.15, 0.2) is 0 Å². The van der Waals surface area contributed by atoms with Gasteiger partial charge < -0.3 is 5.11 Å². The Balaban J connectivity index is 2.05. The molecular weight excluding hydrogens is 240 g/mol. The molecule has 0 amide bonds. The molecule has 1 N–H and O–H groups in total. The van der Waals surface area contributed by atoms with Gasteiger partial charge in [0.2, 0.25) is 0 Å². The molecule has 1 aromatic rings. The van der Waals surface area contributed by atoms with E-state index in [4.69, 9.17) is 10.4 Å². The molecule has 19 heavy (non-hydrogen) atoms. The molecule has 2 unspecified atom stereocenters. The lowest BCUT2D eigenvalue weighted by Crippen LogP contribution is -2.42. The highest BCUT2D eigenvalue weighted by Gasteiger charge is 2.29. The molecule has 0 radical (unpaired) electrons. The van der Waals surface area contributed by atoms with E-state index in [0.29, 0.717) is 18.4 Å². The number of carbonyl (C=O) groups is 1. The van der Waals surface area contributed by atoms with E-state index >= 15 is 0 Å². The van der Waals surface area contributed by atoms with Gasteiger partial charge in [0.1, 0.15) is 0 Å². The second-order valence-electron chi connectivity index (χ2n) is 5.15. The molecule has 0 bridgehead atoms.